The summed E-state index contributed by atoms with van der Waals surface area (Å²) in [6.45, 7) is 10.9. The van der Waals surface area contributed by atoms with Crippen molar-refractivity contribution in [3.8, 4) is 0 Å². The first-order valence-corrected chi connectivity index (χ1v) is 13.6. The Hall–Kier alpha value is -2.71. The van der Waals surface area contributed by atoms with Crippen molar-refractivity contribution in [2.24, 2.45) is 11.8 Å². The van der Waals surface area contributed by atoms with Crippen LogP contribution in [0.4, 0.5) is 5.69 Å². The van der Waals surface area contributed by atoms with Gasteiger partial charge >= 0.3 is 5.97 Å². The SMILES string of the molecule is COC(=O)C1=COC(O[Si](C)(C)C(C)(C)C)C2C(/C=C/c3ccc([N+](=O)[O-])cc3)=CCC12. The third-order valence-corrected chi connectivity index (χ3v) is 11.1. The summed E-state index contributed by atoms with van der Waals surface area (Å²) in [6, 6.07) is 6.39. The van der Waals surface area contributed by atoms with Gasteiger partial charge in [0.05, 0.1) is 29.8 Å². The van der Waals surface area contributed by atoms with Crippen LogP contribution in [0.1, 0.15) is 32.8 Å². The zero-order valence-electron chi connectivity index (χ0n) is 19.5. The molecular weight excluding hydrogens is 426 g/mol. The molecule has 0 aromatic heterocycles. The van der Waals surface area contributed by atoms with Gasteiger partial charge in [-0.2, -0.15) is 0 Å². The van der Waals surface area contributed by atoms with Crippen LogP contribution in [0, 0.1) is 22.0 Å². The quantitative estimate of drug-likeness (QED) is 0.239. The third kappa shape index (κ3) is 4.86. The number of carbonyl (C=O) groups excluding carboxylic acids is 1. The molecule has 1 aromatic rings. The predicted molar refractivity (Wildman–Crippen MR) is 125 cm³/mol. The van der Waals surface area contributed by atoms with Crippen molar-refractivity contribution in [2.75, 3.05) is 7.11 Å². The molecule has 3 rings (SSSR count). The molecule has 8 heteroatoms. The molecule has 0 saturated heterocycles. The maximum Gasteiger partial charge on any atom is 0.337 e. The highest BCUT2D eigenvalue weighted by molar-refractivity contribution is 6.74. The molecule has 1 aliphatic heterocycles. The van der Waals surface area contributed by atoms with Gasteiger partial charge in [0.2, 0.25) is 0 Å². The van der Waals surface area contributed by atoms with Crippen molar-refractivity contribution in [2.45, 2.75) is 51.6 Å². The van der Waals surface area contributed by atoms with Gasteiger partial charge in [0.1, 0.15) is 0 Å². The van der Waals surface area contributed by atoms with E-state index in [0.29, 0.717) is 12.0 Å². The van der Waals surface area contributed by atoms with Gasteiger partial charge in [0.25, 0.3) is 5.69 Å². The molecule has 0 amide bonds. The van der Waals surface area contributed by atoms with Crippen molar-refractivity contribution in [3.63, 3.8) is 0 Å². The van der Waals surface area contributed by atoms with E-state index in [-0.39, 0.29) is 28.5 Å². The van der Waals surface area contributed by atoms with E-state index in [1.807, 2.05) is 12.2 Å². The van der Waals surface area contributed by atoms with Crippen LogP contribution >= 0.6 is 0 Å². The average Bonchev–Trinajstić information content (AvgIpc) is 3.15. The highest BCUT2D eigenvalue weighted by atomic mass is 28.4. The zero-order chi connectivity index (χ0) is 23.7. The van der Waals surface area contributed by atoms with E-state index in [1.54, 1.807) is 12.1 Å². The molecule has 0 fully saturated rings. The lowest BCUT2D eigenvalue weighted by Gasteiger charge is -2.43. The number of nitro groups is 1. The van der Waals surface area contributed by atoms with Gasteiger partial charge in [0.15, 0.2) is 14.6 Å². The number of methoxy groups -OCH3 is 1. The van der Waals surface area contributed by atoms with Gasteiger partial charge < -0.3 is 13.9 Å². The standard InChI is InChI=1S/C24H31NO6Si/c1-24(2,3)32(5,6)31-23-21-17(10-7-16-8-12-18(13-9-16)25(27)28)11-14-19(21)20(15-30-23)22(26)29-4/h7-13,15,19,21,23H,14H2,1-6H3/b10-7+. The minimum absolute atomic E-state index is 0.00920. The molecule has 172 valence electrons. The summed E-state index contributed by atoms with van der Waals surface area (Å²) in [5, 5.41) is 10.9. The highest BCUT2D eigenvalue weighted by Crippen LogP contribution is 2.47. The fourth-order valence-electron chi connectivity index (χ4n) is 3.72. The second-order valence-corrected chi connectivity index (χ2v) is 14.5. The molecule has 2 aliphatic rings. The minimum atomic E-state index is -2.13. The first-order valence-electron chi connectivity index (χ1n) is 10.7. The molecule has 3 unspecified atom stereocenters. The number of ether oxygens (including phenoxy) is 2. The van der Waals surface area contributed by atoms with Crippen molar-refractivity contribution in [3.05, 3.63) is 69.5 Å². The van der Waals surface area contributed by atoms with Crippen molar-refractivity contribution >= 4 is 26.1 Å². The van der Waals surface area contributed by atoms with E-state index in [9.17, 15) is 14.9 Å². The van der Waals surface area contributed by atoms with Gasteiger partial charge in [-0.05, 0) is 47.8 Å². The smallest absolute Gasteiger partial charge is 0.337 e. The van der Waals surface area contributed by atoms with Gasteiger partial charge in [0, 0.05) is 18.1 Å². The first-order chi connectivity index (χ1) is 14.9. The topological polar surface area (TPSA) is 87.9 Å². The summed E-state index contributed by atoms with van der Waals surface area (Å²) in [6.07, 6.45) is 7.69. The molecule has 1 aliphatic carbocycles. The minimum Gasteiger partial charge on any atom is -0.472 e. The van der Waals surface area contributed by atoms with Crippen LogP contribution in [0.2, 0.25) is 18.1 Å². The van der Waals surface area contributed by atoms with E-state index in [1.165, 1.54) is 25.5 Å². The number of hydrogen-bond donors (Lipinski definition) is 0. The Morgan fingerprint density at radius 2 is 1.88 bits per heavy atom. The molecule has 0 bridgehead atoms. The fourth-order valence-corrected chi connectivity index (χ4v) is 4.86. The van der Waals surface area contributed by atoms with Crippen LogP contribution in [0.5, 0.6) is 0 Å². The van der Waals surface area contributed by atoms with Crippen LogP contribution in [0.3, 0.4) is 0 Å². The van der Waals surface area contributed by atoms with Crippen LogP contribution in [-0.4, -0.2) is 32.6 Å². The number of allylic oxidation sites excluding steroid dienone is 2. The Labute approximate surface area is 190 Å². The average molecular weight is 458 g/mol. The van der Waals surface area contributed by atoms with Crippen LogP contribution < -0.4 is 0 Å². The summed E-state index contributed by atoms with van der Waals surface area (Å²) in [4.78, 5) is 22.8. The molecule has 1 aromatic carbocycles. The van der Waals surface area contributed by atoms with E-state index in [0.717, 1.165) is 11.1 Å². The number of rotatable bonds is 6. The van der Waals surface area contributed by atoms with E-state index < -0.39 is 19.5 Å². The normalized spacial score (nSPS) is 23.2. The molecule has 0 N–H and O–H groups in total. The largest absolute Gasteiger partial charge is 0.472 e. The molecule has 0 spiro atoms. The molecule has 0 saturated carbocycles. The lowest BCUT2D eigenvalue weighted by atomic mass is 9.83. The maximum atomic E-state index is 12.3. The predicted octanol–water partition coefficient (Wildman–Crippen LogP) is 5.61. The molecule has 1 heterocycles. The summed E-state index contributed by atoms with van der Waals surface area (Å²) in [5.41, 5.74) is 2.44. The zero-order valence-corrected chi connectivity index (χ0v) is 20.5. The van der Waals surface area contributed by atoms with Gasteiger partial charge in [-0.15, -0.1) is 0 Å². The van der Waals surface area contributed by atoms with Crippen molar-refractivity contribution in [1.29, 1.82) is 0 Å². The Bertz CT molecular complexity index is 971. The Morgan fingerprint density at radius 3 is 2.44 bits per heavy atom. The molecule has 32 heavy (non-hydrogen) atoms. The number of non-ortho nitro benzene ring substituents is 1. The molecule has 3 atom stereocenters. The fraction of sp³-hybridized carbons (Fsp3) is 0.458. The molecule has 0 radical (unpaired) electrons. The first kappa shape index (κ1) is 23.9. The van der Waals surface area contributed by atoms with Gasteiger partial charge in [-0.25, -0.2) is 4.79 Å². The molecular formula is C24H31NO6Si. The Morgan fingerprint density at radius 1 is 1.22 bits per heavy atom. The van der Waals surface area contributed by atoms with Crippen molar-refractivity contribution in [1.82, 2.24) is 0 Å². The molecule has 7 nitrogen and oxygen atoms in total. The number of fused-ring (bicyclic) bond motifs is 1. The van der Waals surface area contributed by atoms with Gasteiger partial charge in [-0.1, -0.05) is 39.0 Å². The highest BCUT2D eigenvalue weighted by Gasteiger charge is 2.48. The number of nitro benzene ring substituents is 1. The maximum absolute atomic E-state index is 12.3. The summed E-state index contributed by atoms with van der Waals surface area (Å²) in [5.74, 6) is -0.611. The summed E-state index contributed by atoms with van der Waals surface area (Å²) >= 11 is 0. The van der Waals surface area contributed by atoms with E-state index >= 15 is 0 Å². The van der Waals surface area contributed by atoms with Crippen LogP contribution in [0.25, 0.3) is 6.08 Å². The lowest BCUT2D eigenvalue weighted by Crippen LogP contribution is -2.48. The lowest BCUT2D eigenvalue weighted by molar-refractivity contribution is -0.384. The Kier molecular flexibility index (Phi) is 6.76. The number of hydrogen-bond acceptors (Lipinski definition) is 6. The second-order valence-electron chi connectivity index (χ2n) is 9.70. The Balaban J connectivity index is 1.88. The van der Waals surface area contributed by atoms with Gasteiger partial charge in [-0.3, -0.25) is 10.1 Å². The summed E-state index contributed by atoms with van der Waals surface area (Å²) in [7, 11) is -0.760. The van der Waals surface area contributed by atoms with Crippen molar-refractivity contribution < 1.29 is 23.6 Å². The third-order valence-electron chi connectivity index (χ3n) is 6.66. The van der Waals surface area contributed by atoms with Crippen LogP contribution in [0.15, 0.2) is 53.8 Å². The summed E-state index contributed by atoms with van der Waals surface area (Å²) < 4.78 is 17.6. The number of carbonyl (C=O) groups is 1. The number of esters is 1. The van der Waals surface area contributed by atoms with E-state index in [4.69, 9.17) is 13.9 Å². The monoisotopic (exact) mass is 457 g/mol. The number of nitrogens with zero attached hydrogens (tertiary/aromatic N) is 1. The number of benzene rings is 1. The second kappa shape index (κ2) is 9.03. The van der Waals surface area contributed by atoms with Crippen LogP contribution in [-0.2, 0) is 18.7 Å². The van der Waals surface area contributed by atoms with E-state index in [2.05, 4.69) is 39.9 Å².